The van der Waals surface area contributed by atoms with Crippen molar-refractivity contribution in [1.29, 1.82) is 0 Å². The van der Waals surface area contributed by atoms with Gasteiger partial charge in [-0.25, -0.2) is 4.39 Å². The van der Waals surface area contributed by atoms with Crippen molar-refractivity contribution < 1.29 is 13.9 Å². The van der Waals surface area contributed by atoms with E-state index in [0.29, 0.717) is 19.6 Å². The number of morpholine rings is 1. The normalized spacial score (nSPS) is 23.7. The van der Waals surface area contributed by atoms with E-state index >= 15 is 0 Å². The summed E-state index contributed by atoms with van der Waals surface area (Å²) in [5.74, 6) is 0.914. The first-order chi connectivity index (χ1) is 12.6. The van der Waals surface area contributed by atoms with Gasteiger partial charge in [0.15, 0.2) is 5.96 Å². The molecule has 2 N–H and O–H groups in total. The molecule has 142 valence electrons. The van der Waals surface area contributed by atoms with E-state index in [9.17, 15) is 9.18 Å². The number of aliphatic imine (C=N–C) groups is 1. The van der Waals surface area contributed by atoms with Gasteiger partial charge in [-0.05, 0) is 37.5 Å². The van der Waals surface area contributed by atoms with Crippen LogP contribution in [0.3, 0.4) is 0 Å². The van der Waals surface area contributed by atoms with Crippen molar-refractivity contribution >= 4 is 11.9 Å². The molecule has 7 heteroatoms. The molecule has 1 aromatic carbocycles. The molecular weight excluding hydrogens is 335 g/mol. The van der Waals surface area contributed by atoms with Crippen LogP contribution in [0.4, 0.5) is 4.39 Å². The van der Waals surface area contributed by atoms with Crippen LogP contribution in [0, 0.1) is 11.7 Å². The maximum atomic E-state index is 13.2. The third-order valence-corrected chi connectivity index (χ3v) is 4.67. The second kappa shape index (κ2) is 8.49. The van der Waals surface area contributed by atoms with Gasteiger partial charge in [0.25, 0.3) is 0 Å². The van der Waals surface area contributed by atoms with Crippen molar-refractivity contribution in [2.75, 3.05) is 33.2 Å². The molecule has 1 saturated heterocycles. The molecule has 3 rings (SSSR count). The standard InChI is InChI=1S/C19H27FN4O2/c1-13-11-24(12-17(26-13)14-5-7-16(20)8-6-14)19(21-2)23-10-9-22-18(25)15-3-4-15/h5-8,13,15,17H,3-4,9-12H2,1-2H3,(H,21,23)(H,22,25). The summed E-state index contributed by atoms with van der Waals surface area (Å²) in [7, 11) is 1.75. The predicted octanol–water partition coefficient (Wildman–Crippen LogP) is 1.69. The minimum atomic E-state index is -0.250. The first-order valence-corrected chi connectivity index (χ1v) is 9.21. The number of ether oxygens (including phenoxy) is 1. The van der Waals surface area contributed by atoms with Gasteiger partial charge in [-0.2, -0.15) is 0 Å². The highest BCUT2D eigenvalue weighted by atomic mass is 19.1. The summed E-state index contributed by atoms with van der Waals surface area (Å²) in [4.78, 5) is 18.2. The van der Waals surface area contributed by atoms with Gasteiger partial charge >= 0.3 is 0 Å². The van der Waals surface area contributed by atoms with Gasteiger partial charge in [-0.1, -0.05) is 12.1 Å². The topological polar surface area (TPSA) is 66.0 Å². The van der Waals surface area contributed by atoms with E-state index in [1.807, 2.05) is 6.92 Å². The van der Waals surface area contributed by atoms with Crippen LogP contribution >= 0.6 is 0 Å². The average Bonchev–Trinajstić information content (AvgIpc) is 3.47. The Labute approximate surface area is 153 Å². The molecule has 1 amide bonds. The zero-order chi connectivity index (χ0) is 18.5. The Hall–Kier alpha value is -2.15. The third kappa shape index (κ3) is 4.94. The second-order valence-electron chi connectivity index (χ2n) is 6.93. The molecule has 2 aliphatic rings. The summed E-state index contributed by atoms with van der Waals surface area (Å²) in [6.07, 6.45) is 1.92. The zero-order valence-electron chi connectivity index (χ0n) is 15.4. The molecule has 0 aromatic heterocycles. The number of amides is 1. The van der Waals surface area contributed by atoms with Gasteiger partial charge in [0, 0.05) is 32.6 Å². The number of nitrogens with zero attached hydrogens (tertiary/aromatic N) is 2. The summed E-state index contributed by atoms with van der Waals surface area (Å²) in [6.45, 7) is 4.59. The monoisotopic (exact) mass is 362 g/mol. The number of benzene rings is 1. The molecule has 6 nitrogen and oxygen atoms in total. The maximum Gasteiger partial charge on any atom is 0.223 e. The van der Waals surface area contributed by atoms with Crippen molar-refractivity contribution in [1.82, 2.24) is 15.5 Å². The van der Waals surface area contributed by atoms with Gasteiger partial charge < -0.3 is 20.3 Å². The molecule has 0 spiro atoms. The van der Waals surface area contributed by atoms with E-state index in [1.54, 1.807) is 19.2 Å². The summed E-state index contributed by atoms with van der Waals surface area (Å²) in [6, 6.07) is 6.44. The fourth-order valence-corrected chi connectivity index (χ4v) is 3.17. The van der Waals surface area contributed by atoms with Gasteiger partial charge in [-0.15, -0.1) is 0 Å². The lowest BCUT2D eigenvalue weighted by molar-refractivity contribution is -0.122. The number of rotatable bonds is 5. The van der Waals surface area contributed by atoms with E-state index in [1.165, 1.54) is 12.1 Å². The number of carbonyl (C=O) groups excluding carboxylic acids is 1. The lowest BCUT2D eigenvalue weighted by Gasteiger charge is -2.38. The fourth-order valence-electron chi connectivity index (χ4n) is 3.17. The number of guanidine groups is 1. The van der Waals surface area contributed by atoms with Gasteiger partial charge in [0.2, 0.25) is 5.91 Å². The molecule has 1 heterocycles. The number of nitrogens with one attached hydrogen (secondary N) is 2. The Morgan fingerprint density at radius 2 is 1.92 bits per heavy atom. The highest BCUT2D eigenvalue weighted by Crippen LogP contribution is 2.28. The van der Waals surface area contributed by atoms with Crippen LogP contribution in [0.1, 0.15) is 31.4 Å². The van der Waals surface area contributed by atoms with E-state index in [0.717, 1.165) is 30.9 Å². The van der Waals surface area contributed by atoms with Gasteiger partial charge in [-0.3, -0.25) is 9.79 Å². The lowest BCUT2D eigenvalue weighted by Crippen LogP contribution is -2.51. The van der Waals surface area contributed by atoms with Crippen molar-refractivity contribution in [2.24, 2.45) is 10.9 Å². The van der Waals surface area contributed by atoms with Crippen LogP contribution in [0.25, 0.3) is 0 Å². The van der Waals surface area contributed by atoms with Crippen LogP contribution in [0.15, 0.2) is 29.3 Å². The fraction of sp³-hybridized carbons (Fsp3) is 0.579. The minimum Gasteiger partial charge on any atom is -0.367 e. The average molecular weight is 362 g/mol. The number of hydrogen-bond acceptors (Lipinski definition) is 3. The number of carbonyl (C=O) groups is 1. The molecule has 2 atom stereocenters. The molecule has 1 aliphatic heterocycles. The molecule has 0 radical (unpaired) electrons. The van der Waals surface area contributed by atoms with Crippen LogP contribution in [0.5, 0.6) is 0 Å². The molecule has 1 saturated carbocycles. The first kappa shape index (κ1) is 18.6. The molecule has 2 unspecified atom stereocenters. The Bertz CT molecular complexity index is 645. The highest BCUT2D eigenvalue weighted by molar-refractivity contribution is 5.81. The smallest absolute Gasteiger partial charge is 0.223 e. The van der Waals surface area contributed by atoms with Crippen molar-refractivity contribution in [3.8, 4) is 0 Å². The van der Waals surface area contributed by atoms with Crippen molar-refractivity contribution in [3.63, 3.8) is 0 Å². The molecule has 1 aliphatic carbocycles. The van der Waals surface area contributed by atoms with E-state index in [-0.39, 0.29) is 29.9 Å². The van der Waals surface area contributed by atoms with Crippen LogP contribution < -0.4 is 10.6 Å². The Morgan fingerprint density at radius 3 is 2.58 bits per heavy atom. The van der Waals surface area contributed by atoms with Gasteiger partial charge in [0.1, 0.15) is 11.9 Å². The molecule has 0 bridgehead atoms. The van der Waals surface area contributed by atoms with Crippen molar-refractivity contribution in [2.45, 2.75) is 32.0 Å². The summed E-state index contributed by atoms with van der Waals surface area (Å²) in [5, 5.41) is 6.24. The third-order valence-electron chi connectivity index (χ3n) is 4.67. The Balaban J connectivity index is 1.53. The van der Waals surface area contributed by atoms with Crippen LogP contribution in [-0.4, -0.2) is 56.1 Å². The lowest BCUT2D eigenvalue weighted by atomic mass is 10.1. The zero-order valence-corrected chi connectivity index (χ0v) is 15.4. The van der Waals surface area contributed by atoms with Crippen LogP contribution in [-0.2, 0) is 9.53 Å². The number of halogens is 1. The molecule has 1 aromatic rings. The molecular formula is C19H27FN4O2. The SMILES string of the molecule is CN=C(NCCNC(=O)C1CC1)N1CC(C)OC(c2ccc(F)cc2)C1. The number of hydrogen-bond donors (Lipinski definition) is 2. The summed E-state index contributed by atoms with van der Waals surface area (Å²) < 4.78 is 19.2. The molecule has 26 heavy (non-hydrogen) atoms. The van der Waals surface area contributed by atoms with Gasteiger partial charge in [0.05, 0.1) is 12.6 Å². The highest BCUT2D eigenvalue weighted by Gasteiger charge is 2.30. The maximum absolute atomic E-state index is 13.2. The molecule has 2 fully saturated rings. The predicted molar refractivity (Wildman–Crippen MR) is 98.4 cm³/mol. The Kier molecular flexibility index (Phi) is 6.08. The van der Waals surface area contributed by atoms with E-state index < -0.39 is 0 Å². The first-order valence-electron chi connectivity index (χ1n) is 9.21. The largest absolute Gasteiger partial charge is 0.367 e. The van der Waals surface area contributed by atoms with E-state index in [4.69, 9.17) is 4.74 Å². The minimum absolute atomic E-state index is 0.0342. The Morgan fingerprint density at radius 1 is 1.23 bits per heavy atom. The van der Waals surface area contributed by atoms with Crippen molar-refractivity contribution in [3.05, 3.63) is 35.6 Å². The van der Waals surface area contributed by atoms with E-state index in [2.05, 4.69) is 20.5 Å². The van der Waals surface area contributed by atoms with Crippen LogP contribution in [0.2, 0.25) is 0 Å². The summed E-state index contributed by atoms with van der Waals surface area (Å²) in [5.41, 5.74) is 0.954. The quantitative estimate of drug-likeness (QED) is 0.475. The summed E-state index contributed by atoms with van der Waals surface area (Å²) >= 11 is 0. The second-order valence-corrected chi connectivity index (χ2v) is 6.93.